The van der Waals surface area contributed by atoms with Crippen molar-refractivity contribution < 1.29 is 31.5 Å². The van der Waals surface area contributed by atoms with Crippen LogP contribution in [0.3, 0.4) is 0 Å². The van der Waals surface area contributed by atoms with Crippen molar-refractivity contribution in [2.75, 3.05) is 6.61 Å². The second-order valence-corrected chi connectivity index (χ2v) is 4.74. The van der Waals surface area contributed by atoms with E-state index in [9.17, 15) is 26.7 Å². The summed E-state index contributed by atoms with van der Waals surface area (Å²) in [4.78, 5) is 15.5. The first kappa shape index (κ1) is 17.6. The monoisotopic (exact) mass is 346 g/mol. The quantitative estimate of drug-likeness (QED) is 0.612. The maximum Gasteiger partial charge on any atom is 0.456 e. The molecule has 0 N–H and O–H groups in total. The average Bonchev–Trinajstić information content (AvgIpc) is 3.01. The number of halogens is 5. The van der Waals surface area contributed by atoms with Crippen molar-refractivity contribution in [1.29, 1.82) is 0 Å². The lowest BCUT2D eigenvalue weighted by Gasteiger charge is -2.19. The zero-order valence-electron chi connectivity index (χ0n) is 12.1. The number of rotatable bonds is 5. The first-order chi connectivity index (χ1) is 11.1. The van der Waals surface area contributed by atoms with E-state index in [1.807, 2.05) is 0 Å². The zero-order chi connectivity index (χ0) is 18.0. The SMILES string of the molecule is C=C(c1ccccc1)n1cncc1C(=O)OCC(F)(F)C(F)(F)F. The van der Waals surface area contributed by atoms with E-state index >= 15 is 0 Å². The van der Waals surface area contributed by atoms with Gasteiger partial charge < -0.3 is 4.74 Å². The summed E-state index contributed by atoms with van der Waals surface area (Å²) in [5.74, 6) is -6.50. The Balaban J connectivity index is 2.16. The van der Waals surface area contributed by atoms with Gasteiger partial charge in [0.05, 0.1) is 12.5 Å². The Labute approximate surface area is 133 Å². The van der Waals surface area contributed by atoms with Gasteiger partial charge in [-0.15, -0.1) is 0 Å². The Morgan fingerprint density at radius 2 is 1.79 bits per heavy atom. The highest BCUT2D eigenvalue weighted by Gasteiger charge is 2.58. The zero-order valence-corrected chi connectivity index (χ0v) is 12.1. The summed E-state index contributed by atoms with van der Waals surface area (Å²) >= 11 is 0. The molecule has 0 fully saturated rings. The lowest BCUT2D eigenvalue weighted by Crippen LogP contribution is -2.41. The van der Waals surface area contributed by atoms with E-state index in [1.54, 1.807) is 30.3 Å². The molecule has 0 amide bonds. The predicted molar refractivity (Wildman–Crippen MR) is 74.4 cm³/mol. The average molecular weight is 346 g/mol. The molecule has 0 aliphatic rings. The van der Waals surface area contributed by atoms with Gasteiger partial charge in [-0.25, -0.2) is 9.78 Å². The number of alkyl halides is 5. The van der Waals surface area contributed by atoms with Crippen molar-refractivity contribution in [1.82, 2.24) is 9.55 Å². The maximum atomic E-state index is 12.8. The molecule has 0 saturated heterocycles. The molecule has 4 nitrogen and oxygen atoms in total. The molecule has 24 heavy (non-hydrogen) atoms. The van der Waals surface area contributed by atoms with Crippen LogP contribution in [0.2, 0.25) is 0 Å². The third-order valence-electron chi connectivity index (χ3n) is 3.04. The van der Waals surface area contributed by atoms with E-state index in [4.69, 9.17) is 0 Å². The van der Waals surface area contributed by atoms with Crippen LogP contribution in [0, 0.1) is 0 Å². The van der Waals surface area contributed by atoms with Crippen molar-refractivity contribution in [3.05, 3.63) is 60.7 Å². The fourth-order valence-electron chi connectivity index (χ4n) is 1.74. The lowest BCUT2D eigenvalue weighted by atomic mass is 10.2. The lowest BCUT2D eigenvalue weighted by molar-refractivity contribution is -0.292. The van der Waals surface area contributed by atoms with Gasteiger partial charge in [0.15, 0.2) is 12.3 Å². The standard InChI is InChI=1S/C15H11F5N2O2/c1-10(11-5-3-2-4-6-11)22-9-21-7-12(22)13(23)24-8-14(16,17)15(18,19)20/h2-7,9H,1,8H2. The number of nitrogens with zero attached hydrogens (tertiary/aromatic N) is 2. The van der Waals surface area contributed by atoms with Gasteiger partial charge in [0.1, 0.15) is 0 Å². The van der Waals surface area contributed by atoms with Crippen LogP contribution < -0.4 is 0 Å². The first-order valence-electron chi connectivity index (χ1n) is 6.52. The van der Waals surface area contributed by atoms with E-state index in [0.29, 0.717) is 5.56 Å². The molecule has 0 saturated carbocycles. The Morgan fingerprint density at radius 1 is 1.17 bits per heavy atom. The molecule has 0 unspecified atom stereocenters. The van der Waals surface area contributed by atoms with Crippen molar-refractivity contribution in [3.63, 3.8) is 0 Å². The number of carbonyl (C=O) groups is 1. The smallest absolute Gasteiger partial charge is 0.454 e. The Bertz CT molecular complexity index is 738. The summed E-state index contributed by atoms with van der Waals surface area (Å²) in [5.41, 5.74) is 0.564. The van der Waals surface area contributed by atoms with E-state index in [2.05, 4.69) is 16.3 Å². The fraction of sp³-hybridized carbons (Fsp3) is 0.200. The summed E-state index contributed by atoms with van der Waals surface area (Å²) in [7, 11) is 0. The third-order valence-corrected chi connectivity index (χ3v) is 3.04. The molecule has 0 radical (unpaired) electrons. The Kier molecular flexibility index (Phi) is 4.72. The van der Waals surface area contributed by atoms with Gasteiger partial charge in [0, 0.05) is 5.70 Å². The maximum absolute atomic E-state index is 12.8. The van der Waals surface area contributed by atoms with Gasteiger partial charge in [-0.1, -0.05) is 36.9 Å². The predicted octanol–water partition coefficient (Wildman–Crippen LogP) is 3.76. The van der Waals surface area contributed by atoms with Gasteiger partial charge in [-0.05, 0) is 5.56 Å². The largest absolute Gasteiger partial charge is 0.456 e. The molecule has 128 valence electrons. The molecule has 0 atom stereocenters. The molecule has 1 heterocycles. The van der Waals surface area contributed by atoms with E-state index in [1.165, 1.54) is 6.33 Å². The fourth-order valence-corrected chi connectivity index (χ4v) is 1.74. The van der Waals surface area contributed by atoms with Crippen LogP contribution in [0.4, 0.5) is 22.0 Å². The minimum atomic E-state index is -5.80. The second-order valence-electron chi connectivity index (χ2n) is 4.74. The second kappa shape index (κ2) is 6.42. The highest BCUT2D eigenvalue weighted by atomic mass is 19.4. The summed E-state index contributed by atoms with van der Waals surface area (Å²) in [5, 5.41) is 0. The van der Waals surface area contributed by atoms with Crippen LogP contribution >= 0.6 is 0 Å². The van der Waals surface area contributed by atoms with E-state index in [0.717, 1.165) is 10.8 Å². The highest BCUT2D eigenvalue weighted by molar-refractivity contribution is 5.89. The molecular weight excluding hydrogens is 335 g/mol. The Hall–Kier alpha value is -2.71. The van der Waals surface area contributed by atoms with Crippen LogP contribution in [0.25, 0.3) is 5.70 Å². The summed E-state index contributed by atoms with van der Waals surface area (Å²) in [6, 6.07) is 8.52. The molecule has 0 aliphatic heterocycles. The molecule has 1 aromatic carbocycles. The van der Waals surface area contributed by atoms with Gasteiger partial charge in [0.25, 0.3) is 0 Å². The molecular formula is C15H11F5N2O2. The van der Waals surface area contributed by atoms with Gasteiger partial charge in [0.2, 0.25) is 0 Å². The number of benzene rings is 1. The molecule has 0 bridgehead atoms. The third kappa shape index (κ3) is 3.61. The number of hydrogen-bond donors (Lipinski definition) is 0. The summed E-state index contributed by atoms with van der Waals surface area (Å²) in [6.07, 6.45) is -3.64. The molecule has 2 rings (SSSR count). The number of hydrogen-bond acceptors (Lipinski definition) is 3. The Morgan fingerprint density at radius 3 is 2.38 bits per heavy atom. The van der Waals surface area contributed by atoms with Crippen molar-refractivity contribution >= 4 is 11.7 Å². The highest BCUT2D eigenvalue weighted by Crippen LogP contribution is 2.35. The van der Waals surface area contributed by atoms with Crippen LogP contribution in [0.1, 0.15) is 16.1 Å². The van der Waals surface area contributed by atoms with E-state index in [-0.39, 0.29) is 11.4 Å². The molecule has 9 heteroatoms. The van der Waals surface area contributed by atoms with Crippen LogP contribution in [-0.2, 0) is 4.74 Å². The van der Waals surface area contributed by atoms with Crippen LogP contribution in [0.15, 0.2) is 49.4 Å². The molecule has 2 aromatic rings. The first-order valence-corrected chi connectivity index (χ1v) is 6.52. The van der Waals surface area contributed by atoms with Crippen LogP contribution in [-0.4, -0.2) is 34.2 Å². The van der Waals surface area contributed by atoms with Gasteiger partial charge in [-0.3, -0.25) is 4.57 Å². The topological polar surface area (TPSA) is 44.1 Å². The summed E-state index contributed by atoms with van der Waals surface area (Å²) in [6.45, 7) is 1.63. The number of imidazole rings is 1. The minimum absolute atomic E-state index is 0.280. The van der Waals surface area contributed by atoms with E-state index < -0.39 is 24.7 Å². The number of esters is 1. The number of carbonyl (C=O) groups excluding carboxylic acids is 1. The minimum Gasteiger partial charge on any atom is -0.454 e. The van der Waals surface area contributed by atoms with Gasteiger partial charge in [-0.2, -0.15) is 22.0 Å². The van der Waals surface area contributed by atoms with Crippen molar-refractivity contribution in [2.45, 2.75) is 12.1 Å². The van der Waals surface area contributed by atoms with Gasteiger partial charge >= 0.3 is 18.1 Å². The van der Waals surface area contributed by atoms with Crippen LogP contribution in [0.5, 0.6) is 0 Å². The molecule has 0 spiro atoms. The summed E-state index contributed by atoms with van der Waals surface area (Å²) < 4.78 is 67.1. The molecule has 0 aliphatic carbocycles. The molecule has 1 aromatic heterocycles. The normalized spacial score (nSPS) is 12.0. The van der Waals surface area contributed by atoms with Crippen molar-refractivity contribution in [3.8, 4) is 0 Å². The number of aromatic nitrogens is 2. The number of ether oxygens (including phenoxy) is 1. The van der Waals surface area contributed by atoms with Crippen molar-refractivity contribution in [2.24, 2.45) is 0 Å².